The summed E-state index contributed by atoms with van der Waals surface area (Å²) in [4.78, 5) is 30.4. The molecule has 1 unspecified atom stereocenters. The van der Waals surface area contributed by atoms with Crippen LogP contribution >= 0.6 is 0 Å². The molecule has 1 amide bonds. The zero-order valence-corrected chi connectivity index (χ0v) is 24.2. The van der Waals surface area contributed by atoms with Crippen LogP contribution in [-0.2, 0) is 11.3 Å². The fourth-order valence-electron chi connectivity index (χ4n) is 8.06. The van der Waals surface area contributed by atoms with Gasteiger partial charge in [-0.3, -0.25) is 9.69 Å². The third-order valence-electron chi connectivity index (χ3n) is 10.2. The first-order valence-corrected chi connectivity index (χ1v) is 15.8. The molecule has 3 aromatic rings. The second kappa shape index (κ2) is 11.3. The topological polar surface area (TPSA) is 65.8 Å². The maximum absolute atomic E-state index is 14.2. The maximum Gasteiger partial charge on any atom is 0.335 e. The Hall–Kier alpha value is -3.45. The highest BCUT2D eigenvalue weighted by molar-refractivity contribution is 6.03. The molecule has 220 valence electrons. The van der Waals surface area contributed by atoms with Crippen LogP contribution in [0.15, 0.2) is 48.0 Å². The van der Waals surface area contributed by atoms with E-state index in [0.29, 0.717) is 44.6 Å². The number of fused-ring (bicyclic) bond motifs is 5. The second-order valence-corrected chi connectivity index (χ2v) is 12.7. The number of carbonyl (C=O) groups is 2. The minimum absolute atomic E-state index is 0.0496. The first-order chi connectivity index (χ1) is 20.5. The lowest BCUT2D eigenvalue weighted by Crippen LogP contribution is -2.50. The summed E-state index contributed by atoms with van der Waals surface area (Å²) >= 11 is 0. The Morgan fingerprint density at radius 3 is 2.43 bits per heavy atom. The van der Waals surface area contributed by atoms with E-state index in [-0.39, 0.29) is 11.5 Å². The van der Waals surface area contributed by atoms with Gasteiger partial charge in [-0.2, -0.15) is 0 Å². The van der Waals surface area contributed by atoms with Gasteiger partial charge in [-0.05, 0) is 80.3 Å². The number of nitrogens with zero attached hydrogens (tertiary/aromatic N) is 3. The van der Waals surface area contributed by atoms with Crippen molar-refractivity contribution >= 4 is 28.9 Å². The molecule has 4 aliphatic rings. The van der Waals surface area contributed by atoms with Crippen LogP contribution in [0.4, 0.5) is 4.39 Å². The summed E-state index contributed by atoms with van der Waals surface area (Å²) in [6, 6.07) is 14.2. The number of likely N-dealkylation sites (tertiary alicyclic amines) is 2. The number of amides is 1. The highest BCUT2D eigenvalue weighted by Crippen LogP contribution is 2.46. The maximum atomic E-state index is 14.2. The van der Waals surface area contributed by atoms with E-state index in [0.717, 1.165) is 71.9 Å². The first-order valence-electron chi connectivity index (χ1n) is 15.8. The predicted molar refractivity (Wildman–Crippen MR) is 163 cm³/mol. The third-order valence-corrected chi connectivity index (χ3v) is 10.2. The molecule has 3 aliphatic heterocycles. The molecular formula is C35H40FN3O3. The lowest BCUT2D eigenvalue weighted by Gasteiger charge is -2.41. The van der Waals surface area contributed by atoms with Crippen molar-refractivity contribution in [3.05, 3.63) is 64.7 Å². The Bertz CT molecular complexity index is 1540. The molecule has 1 saturated carbocycles. The molecule has 0 radical (unpaired) electrons. The van der Waals surface area contributed by atoms with Crippen LogP contribution in [0.3, 0.4) is 0 Å². The molecule has 0 spiro atoms. The highest BCUT2D eigenvalue weighted by atomic mass is 19.1. The molecule has 6 nitrogen and oxygen atoms in total. The summed E-state index contributed by atoms with van der Waals surface area (Å²) in [5, 5.41) is 11.0. The molecule has 1 aromatic heterocycles. The van der Waals surface area contributed by atoms with Gasteiger partial charge in [0.1, 0.15) is 6.17 Å². The molecule has 7 heteroatoms. The van der Waals surface area contributed by atoms with Gasteiger partial charge in [-0.15, -0.1) is 0 Å². The minimum atomic E-state index is -0.941. The number of aromatic carboxylic acids is 1. The summed E-state index contributed by atoms with van der Waals surface area (Å²) in [6.07, 6.45) is 10.6. The average Bonchev–Trinajstić information content (AvgIpc) is 3.23. The zero-order chi connectivity index (χ0) is 28.8. The lowest BCUT2D eigenvalue weighted by molar-refractivity contribution is -0.129. The molecule has 1 aliphatic carbocycles. The molecule has 1 N–H and O–H groups in total. The van der Waals surface area contributed by atoms with Gasteiger partial charge in [0.05, 0.1) is 17.8 Å². The monoisotopic (exact) mass is 569 g/mol. The van der Waals surface area contributed by atoms with Crippen LogP contribution < -0.4 is 0 Å². The van der Waals surface area contributed by atoms with Crippen molar-refractivity contribution in [3.63, 3.8) is 0 Å². The van der Waals surface area contributed by atoms with Crippen molar-refractivity contribution in [2.45, 2.75) is 82.5 Å². The van der Waals surface area contributed by atoms with Crippen molar-refractivity contribution in [1.82, 2.24) is 14.4 Å². The SMILES string of the molecule is O=C(O)c1ccc2c(C3CCCCC3)c3n(c2c1)CC(C(=O)N1CCC(N2CCCC(F)C2)CC1)=Cc1ccccc1-3. The average molecular weight is 570 g/mol. The number of hydrogen-bond acceptors (Lipinski definition) is 3. The highest BCUT2D eigenvalue weighted by Gasteiger charge is 2.34. The van der Waals surface area contributed by atoms with Gasteiger partial charge in [0.15, 0.2) is 0 Å². The molecule has 3 fully saturated rings. The summed E-state index contributed by atoms with van der Waals surface area (Å²) < 4.78 is 16.3. The van der Waals surface area contributed by atoms with E-state index in [1.165, 1.54) is 24.8 Å². The van der Waals surface area contributed by atoms with Crippen LogP contribution in [0, 0.1) is 0 Å². The molecule has 4 heterocycles. The predicted octanol–water partition coefficient (Wildman–Crippen LogP) is 6.88. The Labute approximate surface area is 246 Å². The number of benzene rings is 2. The molecule has 1 atom stereocenters. The van der Waals surface area contributed by atoms with Crippen LogP contribution in [0.5, 0.6) is 0 Å². The largest absolute Gasteiger partial charge is 0.478 e. The summed E-state index contributed by atoms with van der Waals surface area (Å²) in [5.74, 6) is -0.479. The van der Waals surface area contributed by atoms with Crippen molar-refractivity contribution < 1.29 is 19.1 Å². The Kier molecular flexibility index (Phi) is 7.39. The van der Waals surface area contributed by atoms with E-state index in [2.05, 4.69) is 33.7 Å². The first kappa shape index (κ1) is 27.4. The number of carboxylic acid groups (broad SMARTS) is 1. The smallest absolute Gasteiger partial charge is 0.335 e. The Morgan fingerprint density at radius 1 is 0.881 bits per heavy atom. The fraction of sp³-hybridized carbons (Fsp3) is 0.486. The molecule has 7 rings (SSSR count). The molecule has 0 bridgehead atoms. The van der Waals surface area contributed by atoms with E-state index >= 15 is 0 Å². The quantitative estimate of drug-likeness (QED) is 0.372. The van der Waals surface area contributed by atoms with Gasteiger partial charge >= 0.3 is 5.97 Å². The summed E-state index contributed by atoms with van der Waals surface area (Å²) in [6.45, 7) is 3.22. The van der Waals surface area contributed by atoms with Gasteiger partial charge < -0.3 is 14.6 Å². The number of halogens is 1. The van der Waals surface area contributed by atoms with Crippen LogP contribution in [0.2, 0.25) is 0 Å². The van der Waals surface area contributed by atoms with E-state index in [4.69, 9.17) is 0 Å². The standard InChI is InChI=1S/C35H40FN3O3/c36-27-10-6-16-38(22-27)28-14-17-37(18-15-28)34(40)26-19-24-9-4-5-11-29(24)33-32(23-7-2-1-3-8-23)30-13-12-25(35(41)42)20-31(30)39(33)21-26/h4-5,9,11-13,19-20,23,27-28H,1-3,6-8,10,14-18,21-22H2,(H,41,42). The number of aromatic nitrogens is 1. The van der Waals surface area contributed by atoms with Crippen molar-refractivity contribution in [1.29, 1.82) is 0 Å². The minimum Gasteiger partial charge on any atom is -0.478 e. The van der Waals surface area contributed by atoms with Crippen molar-refractivity contribution in [3.8, 4) is 11.3 Å². The molecule has 2 saturated heterocycles. The summed E-state index contributed by atoms with van der Waals surface area (Å²) in [7, 11) is 0. The number of piperidine rings is 2. The Balaban J connectivity index is 1.26. The van der Waals surface area contributed by atoms with Gasteiger partial charge in [-0.1, -0.05) is 49.6 Å². The van der Waals surface area contributed by atoms with Crippen molar-refractivity contribution in [2.24, 2.45) is 0 Å². The molecular weight excluding hydrogens is 529 g/mol. The van der Waals surface area contributed by atoms with Crippen LogP contribution in [0.1, 0.15) is 85.2 Å². The number of carbonyl (C=O) groups excluding carboxylic acids is 1. The van der Waals surface area contributed by atoms with E-state index in [1.807, 2.05) is 17.0 Å². The van der Waals surface area contributed by atoms with Gasteiger partial charge in [-0.25, -0.2) is 9.18 Å². The summed E-state index contributed by atoms with van der Waals surface area (Å²) in [5.41, 5.74) is 6.49. The number of carboxylic acids is 1. The Morgan fingerprint density at radius 2 is 1.67 bits per heavy atom. The number of hydrogen-bond donors (Lipinski definition) is 1. The second-order valence-electron chi connectivity index (χ2n) is 12.7. The van der Waals surface area contributed by atoms with Gasteiger partial charge in [0, 0.05) is 47.7 Å². The fourth-order valence-corrected chi connectivity index (χ4v) is 8.06. The molecule has 42 heavy (non-hydrogen) atoms. The van der Waals surface area contributed by atoms with Crippen molar-refractivity contribution in [2.75, 3.05) is 26.2 Å². The zero-order valence-electron chi connectivity index (χ0n) is 24.2. The van der Waals surface area contributed by atoms with Gasteiger partial charge in [0.25, 0.3) is 5.91 Å². The third kappa shape index (κ3) is 4.96. The lowest BCUT2D eigenvalue weighted by atomic mass is 9.81. The van der Waals surface area contributed by atoms with Crippen LogP contribution in [0.25, 0.3) is 28.2 Å². The van der Waals surface area contributed by atoms with E-state index in [1.54, 1.807) is 12.1 Å². The van der Waals surface area contributed by atoms with Crippen LogP contribution in [-0.4, -0.2) is 69.7 Å². The molecule has 2 aromatic carbocycles. The van der Waals surface area contributed by atoms with E-state index < -0.39 is 12.1 Å². The number of alkyl halides is 1. The van der Waals surface area contributed by atoms with Gasteiger partial charge in [0.2, 0.25) is 0 Å². The normalized spacial score (nSPS) is 22.4. The number of rotatable bonds is 4. The van der Waals surface area contributed by atoms with E-state index in [9.17, 15) is 19.1 Å².